The monoisotopic (exact) mass is 510 g/mol. The van der Waals surface area contributed by atoms with Crippen molar-refractivity contribution in [2.24, 2.45) is 5.11 Å². The molecule has 1 N–H and O–H groups in total. The van der Waals surface area contributed by atoms with Gasteiger partial charge in [0.25, 0.3) is 0 Å². The van der Waals surface area contributed by atoms with Crippen LogP contribution in [0.25, 0.3) is 10.4 Å². The predicted molar refractivity (Wildman–Crippen MR) is 147 cm³/mol. The quantitative estimate of drug-likeness (QED) is 0.0376. The second-order valence-corrected chi connectivity index (χ2v) is 9.92. The maximum atomic E-state index is 11.9. The number of azide groups is 1. The van der Waals surface area contributed by atoms with Gasteiger partial charge in [0.2, 0.25) is 0 Å². The molecule has 0 aromatic carbocycles. The van der Waals surface area contributed by atoms with Gasteiger partial charge < -0.3 is 14.7 Å². The van der Waals surface area contributed by atoms with E-state index in [-0.39, 0.29) is 12.4 Å². The van der Waals surface area contributed by atoms with Gasteiger partial charge in [-0.2, -0.15) is 0 Å². The summed E-state index contributed by atoms with van der Waals surface area (Å²) in [5, 5.41) is 12.3. The van der Waals surface area contributed by atoms with Crippen LogP contribution in [-0.2, 0) is 14.3 Å². The van der Waals surface area contributed by atoms with Gasteiger partial charge in [-0.1, -0.05) is 89.1 Å². The van der Waals surface area contributed by atoms with E-state index in [1.165, 1.54) is 32.1 Å². The van der Waals surface area contributed by atoms with Crippen molar-refractivity contribution < 1.29 is 19.4 Å². The highest BCUT2D eigenvalue weighted by atomic mass is 16.5. The number of rotatable bonds is 28. The average molecular weight is 511 g/mol. The summed E-state index contributed by atoms with van der Waals surface area (Å²) in [7, 11) is 0. The summed E-state index contributed by atoms with van der Waals surface area (Å²) in [6.07, 6.45) is 20.8. The Labute approximate surface area is 220 Å². The number of nitrogens with zero attached hydrogens (tertiary/aromatic N) is 4. The normalized spacial score (nSPS) is 10.9. The van der Waals surface area contributed by atoms with Crippen molar-refractivity contribution in [1.82, 2.24) is 4.90 Å². The molecular formula is C28H54N4O4. The Balaban J connectivity index is 3.76. The molecule has 0 saturated heterocycles. The maximum absolute atomic E-state index is 11.9. The first-order valence-corrected chi connectivity index (χ1v) is 14.7. The summed E-state index contributed by atoms with van der Waals surface area (Å²) >= 11 is 0. The number of ether oxygens (including phenoxy) is 1. The lowest BCUT2D eigenvalue weighted by atomic mass is 10.1. The fourth-order valence-corrected chi connectivity index (χ4v) is 4.34. The molecule has 0 fully saturated rings. The number of carbonyl (C=O) groups is 2. The lowest BCUT2D eigenvalue weighted by Gasteiger charge is -2.22. The maximum Gasteiger partial charge on any atom is 0.305 e. The number of hydrogen-bond donors (Lipinski definition) is 1. The minimum atomic E-state index is -0.708. The molecule has 0 aliphatic rings. The molecule has 0 heterocycles. The molecule has 36 heavy (non-hydrogen) atoms. The summed E-state index contributed by atoms with van der Waals surface area (Å²) in [5.41, 5.74) is 8.46. The molecule has 0 aromatic heterocycles. The average Bonchev–Trinajstić information content (AvgIpc) is 2.86. The Kier molecular flexibility index (Phi) is 26.4. The Morgan fingerprint density at radius 1 is 0.722 bits per heavy atom. The van der Waals surface area contributed by atoms with Gasteiger partial charge in [0.1, 0.15) is 0 Å². The Morgan fingerprint density at radius 2 is 1.22 bits per heavy atom. The van der Waals surface area contributed by atoms with Crippen LogP contribution < -0.4 is 0 Å². The molecule has 0 rings (SSSR count). The van der Waals surface area contributed by atoms with Gasteiger partial charge in [-0.25, -0.2) is 0 Å². The van der Waals surface area contributed by atoms with Gasteiger partial charge in [-0.05, 0) is 63.7 Å². The number of esters is 1. The molecule has 0 atom stereocenters. The van der Waals surface area contributed by atoms with Crippen LogP contribution in [0.4, 0.5) is 0 Å². The van der Waals surface area contributed by atoms with Crippen LogP contribution >= 0.6 is 0 Å². The van der Waals surface area contributed by atoms with Crippen molar-refractivity contribution in [3.63, 3.8) is 0 Å². The van der Waals surface area contributed by atoms with Crippen molar-refractivity contribution in [1.29, 1.82) is 0 Å². The van der Waals surface area contributed by atoms with Crippen molar-refractivity contribution in [2.75, 3.05) is 32.8 Å². The highest BCUT2D eigenvalue weighted by molar-refractivity contribution is 5.69. The first kappa shape index (κ1) is 34.2. The Morgan fingerprint density at radius 3 is 1.81 bits per heavy atom. The van der Waals surface area contributed by atoms with Crippen LogP contribution in [0, 0.1) is 0 Å². The second-order valence-electron chi connectivity index (χ2n) is 9.92. The lowest BCUT2D eigenvalue weighted by molar-refractivity contribution is -0.144. The summed E-state index contributed by atoms with van der Waals surface area (Å²) < 4.78 is 5.36. The zero-order valence-corrected chi connectivity index (χ0v) is 23.1. The first-order valence-electron chi connectivity index (χ1n) is 14.7. The molecule has 0 saturated carbocycles. The second kappa shape index (κ2) is 27.8. The largest absolute Gasteiger partial charge is 0.481 e. The number of carboxylic acids is 1. The standard InChI is InChI=1S/C28H54N4O4/c1-2-3-4-5-6-13-18-26-36-28(35)21-15-10-8-12-17-24-32(25-19-22-30-31-29)23-16-11-7-9-14-20-27(33)34/h2-26H2,1H3,(H,33,34). The van der Waals surface area contributed by atoms with Crippen LogP contribution in [0.3, 0.4) is 0 Å². The predicted octanol–water partition coefficient (Wildman–Crippen LogP) is 8.05. The van der Waals surface area contributed by atoms with E-state index in [1.807, 2.05) is 0 Å². The number of carboxylic acid groups (broad SMARTS) is 1. The molecule has 0 aliphatic carbocycles. The minimum Gasteiger partial charge on any atom is -0.481 e. The summed E-state index contributed by atoms with van der Waals surface area (Å²) in [6, 6.07) is 0. The van der Waals surface area contributed by atoms with E-state index in [4.69, 9.17) is 15.4 Å². The van der Waals surface area contributed by atoms with E-state index in [0.29, 0.717) is 19.6 Å². The number of unbranched alkanes of at least 4 members (excludes halogenated alkanes) is 14. The highest BCUT2D eigenvalue weighted by Crippen LogP contribution is 2.11. The summed E-state index contributed by atoms with van der Waals surface area (Å²) in [6.45, 7) is 6.38. The van der Waals surface area contributed by atoms with Crippen LogP contribution in [0.1, 0.15) is 135 Å². The van der Waals surface area contributed by atoms with Crippen LogP contribution in [0.5, 0.6) is 0 Å². The fraction of sp³-hybridized carbons (Fsp3) is 0.929. The summed E-state index contributed by atoms with van der Waals surface area (Å²) in [4.78, 5) is 27.7. The minimum absolute atomic E-state index is 0.0462. The molecule has 0 aliphatic heterocycles. The Hall–Kier alpha value is -1.79. The Bertz CT molecular complexity index is 568. The van der Waals surface area contributed by atoms with Gasteiger partial charge in [0.05, 0.1) is 6.61 Å². The van der Waals surface area contributed by atoms with Gasteiger partial charge in [-0.15, -0.1) is 0 Å². The third kappa shape index (κ3) is 26.8. The topological polar surface area (TPSA) is 116 Å². The molecule has 210 valence electrons. The van der Waals surface area contributed by atoms with Crippen molar-refractivity contribution >= 4 is 11.9 Å². The molecule has 0 radical (unpaired) electrons. The van der Waals surface area contributed by atoms with Crippen LogP contribution in [0.15, 0.2) is 5.11 Å². The molecule has 0 unspecified atom stereocenters. The molecule has 8 heteroatoms. The third-order valence-corrected chi connectivity index (χ3v) is 6.53. The lowest BCUT2D eigenvalue weighted by Crippen LogP contribution is -2.27. The zero-order chi connectivity index (χ0) is 26.5. The van der Waals surface area contributed by atoms with E-state index < -0.39 is 5.97 Å². The van der Waals surface area contributed by atoms with E-state index in [0.717, 1.165) is 103 Å². The van der Waals surface area contributed by atoms with Gasteiger partial charge >= 0.3 is 11.9 Å². The van der Waals surface area contributed by atoms with Gasteiger partial charge in [0.15, 0.2) is 0 Å². The molecule has 0 aromatic rings. The van der Waals surface area contributed by atoms with Crippen molar-refractivity contribution in [3.05, 3.63) is 10.4 Å². The smallest absolute Gasteiger partial charge is 0.305 e. The fourth-order valence-electron chi connectivity index (χ4n) is 4.34. The van der Waals surface area contributed by atoms with E-state index in [1.54, 1.807) is 0 Å². The molecular weight excluding hydrogens is 456 g/mol. The molecule has 0 amide bonds. The van der Waals surface area contributed by atoms with E-state index in [2.05, 4.69) is 21.8 Å². The SMILES string of the molecule is CCCCCCCCCOC(=O)CCCCCCCN(CCCCCCCC(=O)O)CCCN=[N+]=[N-]. The first-order chi connectivity index (χ1) is 17.6. The van der Waals surface area contributed by atoms with Gasteiger partial charge in [-0.3, -0.25) is 9.59 Å². The number of aliphatic carboxylic acids is 1. The highest BCUT2D eigenvalue weighted by Gasteiger charge is 2.06. The van der Waals surface area contributed by atoms with E-state index in [9.17, 15) is 9.59 Å². The molecule has 8 nitrogen and oxygen atoms in total. The zero-order valence-electron chi connectivity index (χ0n) is 23.1. The van der Waals surface area contributed by atoms with Crippen LogP contribution in [0.2, 0.25) is 0 Å². The number of carbonyl (C=O) groups excluding carboxylic acids is 1. The van der Waals surface area contributed by atoms with Gasteiger partial charge in [0, 0.05) is 24.3 Å². The van der Waals surface area contributed by atoms with Crippen molar-refractivity contribution in [2.45, 2.75) is 135 Å². The summed E-state index contributed by atoms with van der Waals surface area (Å²) in [5.74, 6) is -0.755. The van der Waals surface area contributed by atoms with E-state index >= 15 is 0 Å². The third-order valence-electron chi connectivity index (χ3n) is 6.53. The number of hydrogen-bond acceptors (Lipinski definition) is 5. The van der Waals surface area contributed by atoms with Crippen molar-refractivity contribution in [3.8, 4) is 0 Å². The van der Waals surface area contributed by atoms with Crippen LogP contribution in [-0.4, -0.2) is 54.7 Å². The molecule has 0 bridgehead atoms. The molecule has 0 spiro atoms.